The molecule has 0 aromatic carbocycles. The normalized spacial score (nSPS) is 13.0. The van der Waals surface area contributed by atoms with Gasteiger partial charge in [-0.3, -0.25) is 14.6 Å². The molecule has 0 aliphatic heterocycles. The molecule has 0 saturated carbocycles. The zero-order valence-electron chi connectivity index (χ0n) is 14.9. The highest BCUT2D eigenvalue weighted by atomic mass is 16.2. The molecule has 0 aromatic heterocycles. The van der Waals surface area contributed by atoms with Crippen molar-refractivity contribution < 1.29 is 14.4 Å². The molecule has 0 spiro atoms. The molecule has 0 fully saturated rings. The van der Waals surface area contributed by atoms with Crippen LogP contribution in [0.5, 0.6) is 0 Å². The molecular weight excluding hydrogens is 310 g/mol. The van der Waals surface area contributed by atoms with Crippen molar-refractivity contribution in [2.24, 2.45) is 22.4 Å². The van der Waals surface area contributed by atoms with Gasteiger partial charge in [0, 0.05) is 13.0 Å². The lowest BCUT2D eigenvalue weighted by atomic mass is 10.0. The van der Waals surface area contributed by atoms with Gasteiger partial charge in [-0.15, -0.1) is 0 Å². The summed E-state index contributed by atoms with van der Waals surface area (Å²) in [6, 6.07) is -1.26. The third kappa shape index (κ3) is 10.6. The number of nitrogens with one attached hydrogen (secondary N) is 2. The Morgan fingerprint density at radius 1 is 1.21 bits per heavy atom. The number of nitrogens with zero attached hydrogens (tertiary/aromatic N) is 1. The van der Waals surface area contributed by atoms with E-state index < -0.39 is 12.1 Å². The summed E-state index contributed by atoms with van der Waals surface area (Å²) in [5.74, 6) is -0.266. The van der Waals surface area contributed by atoms with Crippen LogP contribution in [0.3, 0.4) is 0 Å². The van der Waals surface area contributed by atoms with Crippen LogP contribution in [0.2, 0.25) is 0 Å². The van der Waals surface area contributed by atoms with Gasteiger partial charge in [-0.2, -0.15) is 0 Å². The van der Waals surface area contributed by atoms with Crippen molar-refractivity contribution in [3.63, 3.8) is 0 Å². The van der Waals surface area contributed by atoms with Crippen molar-refractivity contribution in [2.45, 2.75) is 65.0 Å². The molecule has 0 radical (unpaired) electrons. The second kappa shape index (κ2) is 12.3. The topological polar surface area (TPSA) is 140 Å². The molecule has 2 amide bonds. The minimum atomic E-state index is -0.635. The lowest BCUT2D eigenvalue weighted by Gasteiger charge is -2.22. The Labute approximate surface area is 143 Å². The standard InChI is InChI=1S/C16H31N5O3/c1-4-6-14(23)21-13(9-11(2)3)15(24)20-12(10-22)7-5-8-19-16(17)18/h10-13H,4-9H2,1-3H3,(H,20,24)(H,21,23)(H4,17,18,19)/t12-,13-/m0/s1. The predicted molar refractivity (Wildman–Crippen MR) is 94.2 cm³/mol. The van der Waals surface area contributed by atoms with Gasteiger partial charge in [-0.1, -0.05) is 20.8 Å². The summed E-state index contributed by atoms with van der Waals surface area (Å²) in [6.45, 7) is 6.23. The molecule has 0 saturated heterocycles. The zero-order valence-corrected chi connectivity index (χ0v) is 14.9. The van der Waals surface area contributed by atoms with Gasteiger partial charge in [-0.05, 0) is 31.6 Å². The Morgan fingerprint density at radius 2 is 1.88 bits per heavy atom. The van der Waals surface area contributed by atoms with E-state index in [0.29, 0.717) is 44.9 Å². The van der Waals surface area contributed by atoms with Crippen molar-refractivity contribution in [3.05, 3.63) is 0 Å². The van der Waals surface area contributed by atoms with Crippen LogP contribution in [0, 0.1) is 5.92 Å². The van der Waals surface area contributed by atoms with Gasteiger partial charge in [-0.25, -0.2) is 0 Å². The number of hydrogen-bond acceptors (Lipinski definition) is 4. The maximum Gasteiger partial charge on any atom is 0.243 e. The molecule has 0 unspecified atom stereocenters. The Hall–Kier alpha value is -2.12. The number of aliphatic imine (C=N–C) groups is 1. The maximum absolute atomic E-state index is 12.4. The first-order valence-electron chi connectivity index (χ1n) is 8.40. The molecule has 8 nitrogen and oxygen atoms in total. The summed E-state index contributed by atoms with van der Waals surface area (Å²) in [5, 5.41) is 5.41. The number of hydrogen-bond donors (Lipinski definition) is 4. The second-order valence-electron chi connectivity index (χ2n) is 6.20. The number of carbonyl (C=O) groups excluding carboxylic acids is 3. The quantitative estimate of drug-likeness (QED) is 0.172. The van der Waals surface area contributed by atoms with E-state index in [4.69, 9.17) is 11.5 Å². The molecule has 6 N–H and O–H groups in total. The van der Waals surface area contributed by atoms with Crippen LogP contribution in [0.15, 0.2) is 4.99 Å². The second-order valence-corrected chi connectivity index (χ2v) is 6.20. The Kier molecular flexibility index (Phi) is 11.2. The lowest BCUT2D eigenvalue weighted by Crippen LogP contribution is -2.50. The SMILES string of the molecule is CCCC(=O)N[C@@H](CC(C)C)C(=O)N[C@H](C=O)CCCN=C(N)N. The van der Waals surface area contributed by atoms with Crippen molar-refractivity contribution >= 4 is 24.1 Å². The third-order valence-electron chi connectivity index (χ3n) is 3.30. The number of aldehydes is 1. The molecule has 0 bridgehead atoms. The van der Waals surface area contributed by atoms with Gasteiger partial charge in [0.1, 0.15) is 12.3 Å². The highest BCUT2D eigenvalue weighted by molar-refractivity contribution is 5.89. The average Bonchev–Trinajstić information content (AvgIpc) is 2.48. The molecule has 0 rings (SSSR count). The molecule has 0 aliphatic carbocycles. The first-order valence-corrected chi connectivity index (χ1v) is 8.40. The average molecular weight is 341 g/mol. The van der Waals surface area contributed by atoms with Gasteiger partial charge >= 0.3 is 0 Å². The van der Waals surface area contributed by atoms with Crippen LogP contribution in [-0.2, 0) is 14.4 Å². The Bertz CT molecular complexity index is 433. The first kappa shape index (κ1) is 21.9. The molecule has 2 atom stereocenters. The van der Waals surface area contributed by atoms with Gasteiger partial charge in [0.05, 0.1) is 6.04 Å². The van der Waals surface area contributed by atoms with Crippen LogP contribution < -0.4 is 22.1 Å². The molecule has 0 heterocycles. The highest BCUT2D eigenvalue weighted by Gasteiger charge is 2.23. The zero-order chi connectivity index (χ0) is 18.5. The van der Waals surface area contributed by atoms with Crippen LogP contribution in [0.1, 0.15) is 52.9 Å². The lowest BCUT2D eigenvalue weighted by molar-refractivity contribution is -0.130. The number of rotatable bonds is 12. The number of nitrogens with two attached hydrogens (primary N) is 2. The molecule has 8 heteroatoms. The molecular formula is C16H31N5O3. The number of amides is 2. The van der Waals surface area contributed by atoms with Gasteiger partial charge in [0.15, 0.2) is 5.96 Å². The van der Waals surface area contributed by atoms with Crippen molar-refractivity contribution in [2.75, 3.05) is 6.54 Å². The fraction of sp³-hybridized carbons (Fsp3) is 0.750. The number of guanidine groups is 1. The minimum Gasteiger partial charge on any atom is -0.370 e. The number of carbonyl (C=O) groups is 3. The van der Waals surface area contributed by atoms with E-state index in [2.05, 4.69) is 15.6 Å². The third-order valence-corrected chi connectivity index (χ3v) is 3.30. The summed E-state index contributed by atoms with van der Waals surface area (Å²) < 4.78 is 0. The van der Waals surface area contributed by atoms with Crippen LogP contribution in [0.4, 0.5) is 0 Å². The summed E-state index contributed by atoms with van der Waals surface area (Å²) in [4.78, 5) is 39.1. The Morgan fingerprint density at radius 3 is 2.38 bits per heavy atom. The predicted octanol–water partition coefficient (Wildman–Crippen LogP) is 0.0547. The van der Waals surface area contributed by atoms with Gasteiger partial charge < -0.3 is 26.9 Å². The fourth-order valence-corrected chi connectivity index (χ4v) is 2.17. The molecule has 0 aromatic rings. The molecule has 24 heavy (non-hydrogen) atoms. The molecule has 138 valence electrons. The monoisotopic (exact) mass is 341 g/mol. The first-order chi connectivity index (χ1) is 11.3. The van der Waals surface area contributed by atoms with Crippen molar-refractivity contribution in [1.29, 1.82) is 0 Å². The fourth-order valence-electron chi connectivity index (χ4n) is 2.17. The van der Waals surface area contributed by atoms with Crippen molar-refractivity contribution in [1.82, 2.24) is 10.6 Å². The summed E-state index contributed by atoms with van der Waals surface area (Å²) in [5.41, 5.74) is 10.5. The molecule has 0 aliphatic rings. The minimum absolute atomic E-state index is 0.00248. The van der Waals surface area contributed by atoms with Crippen molar-refractivity contribution in [3.8, 4) is 0 Å². The summed E-state index contributed by atoms with van der Waals surface area (Å²) in [6.07, 6.45) is 3.29. The van der Waals surface area contributed by atoms with Crippen LogP contribution >= 0.6 is 0 Å². The van der Waals surface area contributed by atoms with Gasteiger partial charge in [0.2, 0.25) is 11.8 Å². The maximum atomic E-state index is 12.4. The van der Waals surface area contributed by atoms with E-state index in [9.17, 15) is 14.4 Å². The van der Waals surface area contributed by atoms with Crippen LogP contribution in [0.25, 0.3) is 0 Å². The van der Waals surface area contributed by atoms with E-state index in [1.807, 2.05) is 20.8 Å². The van der Waals surface area contributed by atoms with E-state index >= 15 is 0 Å². The van der Waals surface area contributed by atoms with E-state index in [0.717, 1.165) is 0 Å². The highest BCUT2D eigenvalue weighted by Crippen LogP contribution is 2.07. The smallest absolute Gasteiger partial charge is 0.243 e. The van der Waals surface area contributed by atoms with Gasteiger partial charge in [0.25, 0.3) is 0 Å². The van der Waals surface area contributed by atoms with E-state index in [-0.39, 0.29) is 23.7 Å². The Balaban J connectivity index is 4.60. The van der Waals surface area contributed by atoms with E-state index in [1.165, 1.54) is 0 Å². The summed E-state index contributed by atoms with van der Waals surface area (Å²) >= 11 is 0. The van der Waals surface area contributed by atoms with E-state index in [1.54, 1.807) is 0 Å². The summed E-state index contributed by atoms with van der Waals surface area (Å²) in [7, 11) is 0. The van der Waals surface area contributed by atoms with Crippen LogP contribution in [-0.4, -0.2) is 42.7 Å². The largest absolute Gasteiger partial charge is 0.370 e.